The van der Waals surface area contributed by atoms with Crippen molar-refractivity contribution in [2.75, 3.05) is 6.61 Å². The Morgan fingerprint density at radius 2 is 2.00 bits per heavy atom. The fourth-order valence-corrected chi connectivity index (χ4v) is 0.370. The van der Waals surface area contributed by atoms with Gasteiger partial charge in [0.2, 0.25) is 0 Å². The summed E-state index contributed by atoms with van der Waals surface area (Å²) < 4.78 is 13.7. The van der Waals surface area contributed by atoms with Crippen molar-refractivity contribution < 1.29 is 14.0 Å². The molecular weight excluding hydrogens is 174 g/mol. The Balaban J connectivity index is -0.000000125. The van der Waals surface area contributed by atoms with Crippen molar-refractivity contribution in [1.29, 1.82) is 0 Å². The summed E-state index contributed by atoms with van der Waals surface area (Å²) in [5.74, 6) is 0. The van der Waals surface area contributed by atoms with Crippen molar-refractivity contribution in [3.05, 3.63) is 0 Å². The molecule has 0 heterocycles. The van der Waals surface area contributed by atoms with Crippen LogP contribution in [0.3, 0.4) is 0 Å². The van der Waals surface area contributed by atoms with Crippen LogP contribution in [0.25, 0.3) is 0 Å². The van der Waals surface area contributed by atoms with Gasteiger partial charge in [0.1, 0.15) is 0 Å². The molecule has 0 aromatic rings. The molecule has 3 nitrogen and oxygen atoms in total. The lowest BCUT2D eigenvalue weighted by Crippen LogP contribution is -1.72. The zero-order valence-corrected chi connectivity index (χ0v) is 6.92. The Morgan fingerprint density at radius 1 is 1.62 bits per heavy atom. The average molecular weight is 183 g/mol. The topological polar surface area (TPSA) is 46.5 Å². The van der Waals surface area contributed by atoms with Gasteiger partial charge in [-0.3, -0.25) is 4.57 Å². The van der Waals surface area contributed by atoms with Crippen molar-refractivity contribution in [2.45, 2.75) is 6.92 Å². The fraction of sp³-hybridized carbons (Fsp3) is 1.00. The van der Waals surface area contributed by atoms with Gasteiger partial charge >= 0.3 is 8.25 Å². The van der Waals surface area contributed by atoms with Gasteiger partial charge in [-0.1, -0.05) is 0 Å². The van der Waals surface area contributed by atoms with E-state index < -0.39 is 8.25 Å². The first-order valence-electron chi connectivity index (χ1n) is 1.63. The second-order valence-electron chi connectivity index (χ2n) is 0.699. The van der Waals surface area contributed by atoms with Crippen LogP contribution in [0.4, 0.5) is 0 Å². The summed E-state index contributed by atoms with van der Waals surface area (Å²) in [7, 11) is -2.64. The van der Waals surface area contributed by atoms with Gasteiger partial charge in [-0.15, -0.1) is 24.8 Å². The number of hydrogen-bond acceptors (Lipinski definition) is 2. The van der Waals surface area contributed by atoms with Crippen LogP contribution in [0.5, 0.6) is 0 Å². The molecule has 0 amide bonds. The van der Waals surface area contributed by atoms with Crippen LogP contribution in [-0.2, 0) is 9.09 Å². The summed E-state index contributed by atoms with van der Waals surface area (Å²) in [5.41, 5.74) is 0. The van der Waals surface area contributed by atoms with Crippen LogP contribution in [0.15, 0.2) is 0 Å². The Kier molecular flexibility index (Phi) is 21.2. The molecule has 1 unspecified atom stereocenters. The Morgan fingerprint density at radius 3 is 2.00 bits per heavy atom. The van der Waals surface area contributed by atoms with Crippen LogP contribution in [0.1, 0.15) is 6.92 Å². The third kappa shape index (κ3) is 15.9. The molecule has 0 aliphatic rings. The predicted octanol–water partition coefficient (Wildman–Crippen LogP) is 1.25. The van der Waals surface area contributed by atoms with Crippen LogP contribution >= 0.6 is 33.1 Å². The molecule has 1 atom stereocenters. The lowest BCUT2D eigenvalue weighted by Gasteiger charge is -1.86. The first-order valence-corrected chi connectivity index (χ1v) is 2.89. The largest absolute Gasteiger partial charge is 0.326 e. The Labute approximate surface area is 61.2 Å². The van der Waals surface area contributed by atoms with Crippen molar-refractivity contribution in [3.63, 3.8) is 0 Å². The van der Waals surface area contributed by atoms with Crippen LogP contribution in [-0.4, -0.2) is 11.5 Å². The lowest BCUT2D eigenvalue weighted by molar-refractivity contribution is 0.297. The second-order valence-corrected chi connectivity index (χ2v) is 1.52. The molecule has 0 spiro atoms. The highest BCUT2D eigenvalue weighted by atomic mass is 35.5. The first kappa shape index (κ1) is 15.9. The van der Waals surface area contributed by atoms with Crippen molar-refractivity contribution in [1.82, 2.24) is 0 Å². The monoisotopic (exact) mass is 182 g/mol. The number of rotatable bonds is 2. The summed E-state index contributed by atoms with van der Waals surface area (Å²) in [6.45, 7) is 1.98. The van der Waals surface area contributed by atoms with Gasteiger partial charge in [-0.2, -0.15) is 0 Å². The normalized spacial score (nSPS) is 10.8. The molecule has 0 aliphatic heterocycles. The fourth-order valence-electron chi connectivity index (χ4n) is 0.123. The quantitative estimate of drug-likeness (QED) is 0.655. The van der Waals surface area contributed by atoms with Gasteiger partial charge in [0, 0.05) is 0 Å². The summed E-state index contributed by atoms with van der Waals surface area (Å²) in [6.07, 6.45) is 0. The van der Waals surface area contributed by atoms with E-state index >= 15 is 0 Å². The van der Waals surface area contributed by atoms with Crippen molar-refractivity contribution in [2.24, 2.45) is 0 Å². The molecule has 54 valence electrons. The van der Waals surface area contributed by atoms with E-state index in [1.807, 2.05) is 0 Å². The smallest absolute Gasteiger partial charge is 0.316 e. The molecule has 0 aliphatic carbocycles. The average Bonchev–Trinajstić information content (AvgIpc) is 1.35. The van der Waals surface area contributed by atoms with Crippen molar-refractivity contribution in [3.8, 4) is 0 Å². The molecule has 0 aromatic carbocycles. The second kappa shape index (κ2) is 10.7. The van der Waals surface area contributed by atoms with Crippen LogP contribution < -0.4 is 0 Å². The maximum absolute atomic E-state index is 9.56. The molecule has 0 fully saturated rings. The minimum absolute atomic E-state index is 0. The van der Waals surface area contributed by atoms with E-state index in [0.29, 0.717) is 6.61 Å². The van der Waals surface area contributed by atoms with E-state index in [1.165, 1.54) is 0 Å². The summed E-state index contributed by atoms with van der Waals surface area (Å²) in [6, 6.07) is 0. The molecular formula is C2H9Cl2O3P. The maximum Gasteiger partial charge on any atom is 0.316 e. The first-order chi connectivity index (χ1) is 2.77. The van der Waals surface area contributed by atoms with Crippen molar-refractivity contribution >= 4 is 33.1 Å². The SMILES string of the molecule is CCO[PH](=O)O.Cl.Cl. The van der Waals surface area contributed by atoms with Gasteiger partial charge < -0.3 is 9.42 Å². The van der Waals surface area contributed by atoms with E-state index in [2.05, 4.69) is 4.52 Å². The number of halogens is 2. The van der Waals surface area contributed by atoms with Gasteiger partial charge in [-0.25, -0.2) is 0 Å². The predicted molar refractivity (Wildman–Crippen MR) is 37.3 cm³/mol. The van der Waals surface area contributed by atoms with E-state index in [4.69, 9.17) is 4.89 Å². The standard InChI is InChI=1S/C2H7O3P.2ClH/c1-2-5-6(3)4;;/h6H,2H2,1H3,(H,3,4);2*1H. The molecule has 1 N–H and O–H groups in total. The van der Waals surface area contributed by atoms with E-state index in [9.17, 15) is 4.57 Å². The third-order valence-corrected chi connectivity index (χ3v) is 0.803. The van der Waals surface area contributed by atoms with E-state index in [-0.39, 0.29) is 24.8 Å². The summed E-state index contributed by atoms with van der Waals surface area (Å²) in [5, 5.41) is 0. The minimum atomic E-state index is -2.64. The molecule has 0 rings (SSSR count). The molecule has 6 heteroatoms. The van der Waals surface area contributed by atoms with Gasteiger partial charge in [0.15, 0.2) is 0 Å². The lowest BCUT2D eigenvalue weighted by atomic mass is 10.9. The van der Waals surface area contributed by atoms with E-state index in [1.54, 1.807) is 6.92 Å². The molecule has 0 saturated carbocycles. The summed E-state index contributed by atoms with van der Waals surface area (Å²) in [4.78, 5) is 7.88. The van der Waals surface area contributed by atoms with Gasteiger partial charge in [0.25, 0.3) is 0 Å². The maximum atomic E-state index is 9.56. The highest BCUT2D eigenvalue weighted by Crippen LogP contribution is 2.12. The molecule has 0 aromatic heterocycles. The Bertz CT molecular complexity index is 59.2. The van der Waals surface area contributed by atoms with Gasteiger partial charge in [0.05, 0.1) is 6.61 Å². The van der Waals surface area contributed by atoms with Gasteiger partial charge in [-0.05, 0) is 6.92 Å². The molecule has 0 bridgehead atoms. The van der Waals surface area contributed by atoms with E-state index in [0.717, 1.165) is 0 Å². The molecule has 0 saturated heterocycles. The highest BCUT2D eigenvalue weighted by molar-refractivity contribution is 7.32. The number of hydrogen-bond donors (Lipinski definition) is 1. The third-order valence-electron chi connectivity index (χ3n) is 0.268. The zero-order chi connectivity index (χ0) is 4.99. The zero-order valence-electron chi connectivity index (χ0n) is 4.29. The minimum Gasteiger partial charge on any atom is -0.326 e. The molecule has 8 heavy (non-hydrogen) atoms. The highest BCUT2D eigenvalue weighted by Gasteiger charge is 1.81. The van der Waals surface area contributed by atoms with Crippen LogP contribution in [0, 0.1) is 0 Å². The summed E-state index contributed by atoms with van der Waals surface area (Å²) >= 11 is 0. The Hall–Kier alpha value is 0.730. The van der Waals surface area contributed by atoms with Crippen LogP contribution in [0.2, 0.25) is 0 Å². The molecule has 0 radical (unpaired) electrons.